The van der Waals surface area contributed by atoms with E-state index < -0.39 is 0 Å². The normalized spacial score (nSPS) is 23.9. The maximum Gasteiger partial charge on any atom is 0.228 e. The molecule has 6 nitrogen and oxygen atoms in total. The van der Waals surface area contributed by atoms with E-state index in [4.69, 9.17) is 4.74 Å². The third kappa shape index (κ3) is 6.71. The second-order valence-electron chi connectivity index (χ2n) is 13.0. The monoisotopic (exact) mass is 544 g/mol. The number of aromatic nitrogens is 1. The molecular formula is C34H48N4O2. The van der Waals surface area contributed by atoms with Crippen molar-refractivity contribution in [2.45, 2.75) is 83.2 Å². The molecular weight excluding hydrogens is 496 g/mol. The van der Waals surface area contributed by atoms with Crippen LogP contribution in [0.4, 0.5) is 0 Å². The molecule has 4 heterocycles. The number of aryl methyl sites for hydroxylation is 1. The molecule has 6 heteroatoms. The van der Waals surface area contributed by atoms with Crippen LogP contribution in [-0.2, 0) is 17.8 Å². The van der Waals surface area contributed by atoms with Crippen LogP contribution in [0.1, 0.15) is 75.3 Å². The Balaban J connectivity index is 1.10. The highest BCUT2D eigenvalue weighted by atomic mass is 16.5. The largest absolute Gasteiger partial charge is 0.492 e. The molecule has 2 aromatic rings. The minimum atomic E-state index is 0.229. The van der Waals surface area contributed by atoms with Gasteiger partial charge in [-0.1, -0.05) is 43.9 Å². The van der Waals surface area contributed by atoms with Gasteiger partial charge in [0.2, 0.25) is 5.91 Å². The van der Waals surface area contributed by atoms with Crippen molar-refractivity contribution in [3.63, 3.8) is 0 Å². The fourth-order valence-corrected chi connectivity index (χ4v) is 7.75. The lowest BCUT2D eigenvalue weighted by molar-refractivity contribution is -0.145. The fourth-order valence-electron chi connectivity index (χ4n) is 7.75. The quantitative estimate of drug-likeness (QED) is 0.504. The molecule has 40 heavy (non-hydrogen) atoms. The third-order valence-corrected chi connectivity index (χ3v) is 10.2. The molecule has 1 spiro atoms. The van der Waals surface area contributed by atoms with Crippen LogP contribution in [0.5, 0.6) is 5.75 Å². The first kappa shape index (κ1) is 27.7. The van der Waals surface area contributed by atoms with Crippen molar-refractivity contribution in [3.8, 4) is 5.75 Å². The van der Waals surface area contributed by atoms with Gasteiger partial charge in [0.05, 0.1) is 5.92 Å². The average molecular weight is 545 g/mol. The van der Waals surface area contributed by atoms with Gasteiger partial charge in [-0.3, -0.25) is 19.6 Å². The standard InChI is InChI=1S/C34H48N4O2/c39-33(30-25-38(26-30)31-10-2-1-3-11-31)37-20-16-34(17-21-37)15-7-6-9-29-8-4-5-12-32(29)40-23-22-36(27-34)24-28-13-18-35-19-14-28/h4-5,8,12-14,18-19,30-31H,1-3,6-7,9-11,15-17,20-27H2. The van der Waals surface area contributed by atoms with Gasteiger partial charge in [0.25, 0.3) is 0 Å². The van der Waals surface area contributed by atoms with Crippen LogP contribution in [-0.4, -0.2) is 77.5 Å². The van der Waals surface area contributed by atoms with Crippen LogP contribution in [0, 0.1) is 11.3 Å². The van der Waals surface area contributed by atoms with Crippen molar-refractivity contribution >= 4 is 5.91 Å². The molecule has 1 amide bonds. The number of rotatable bonds is 4. The molecule has 0 N–H and O–H groups in total. The topological polar surface area (TPSA) is 48.9 Å². The SMILES string of the molecule is O=C(C1CN(C2CCCCC2)C1)N1CCC2(CCCCc3ccccc3OCCN(Cc3ccncc3)C2)CC1. The maximum atomic E-state index is 13.5. The average Bonchev–Trinajstić information content (AvgIpc) is 2.96. The molecule has 3 fully saturated rings. The van der Waals surface area contributed by atoms with Gasteiger partial charge in [-0.2, -0.15) is 0 Å². The molecule has 0 radical (unpaired) electrons. The summed E-state index contributed by atoms with van der Waals surface area (Å²) in [5.41, 5.74) is 2.90. The molecule has 0 bridgehead atoms. The van der Waals surface area contributed by atoms with Gasteiger partial charge in [-0.25, -0.2) is 0 Å². The molecule has 2 saturated heterocycles. The fraction of sp³-hybridized carbons (Fsp3) is 0.647. The van der Waals surface area contributed by atoms with E-state index in [9.17, 15) is 4.79 Å². The second-order valence-corrected chi connectivity index (χ2v) is 13.0. The van der Waals surface area contributed by atoms with Gasteiger partial charge in [0, 0.05) is 64.2 Å². The van der Waals surface area contributed by atoms with Gasteiger partial charge < -0.3 is 9.64 Å². The van der Waals surface area contributed by atoms with E-state index in [-0.39, 0.29) is 11.3 Å². The minimum Gasteiger partial charge on any atom is -0.492 e. The van der Waals surface area contributed by atoms with Crippen molar-refractivity contribution < 1.29 is 9.53 Å². The first-order chi connectivity index (χ1) is 19.7. The summed E-state index contributed by atoms with van der Waals surface area (Å²) in [7, 11) is 0. The zero-order valence-electron chi connectivity index (χ0n) is 24.3. The molecule has 4 aliphatic rings. The van der Waals surface area contributed by atoms with Crippen LogP contribution in [0.25, 0.3) is 0 Å². The highest BCUT2D eigenvalue weighted by Crippen LogP contribution is 2.40. The maximum absolute atomic E-state index is 13.5. The number of ether oxygens (including phenoxy) is 1. The molecule has 1 aromatic carbocycles. The molecule has 1 aromatic heterocycles. The Morgan fingerprint density at radius 1 is 0.900 bits per heavy atom. The number of benzene rings is 1. The van der Waals surface area contributed by atoms with Crippen LogP contribution >= 0.6 is 0 Å². The van der Waals surface area contributed by atoms with Crippen LogP contribution in [0.2, 0.25) is 0 Å². The molecule has 0 unspecified atom stereocenters. The number of piperidine rings is 1. The summed E-state index contributed by atoms with van der Waals surface area (Å²) in [6.45, 7) is 7.40. The lowest BCUT2D eigenvalue weighted by atomic mass is 9.73. The number of nitrogens with zero attached hydrogens (tertiary/aromatic N) is 4. The predicted molar refractivity (Wildman–Crippen MR) is 159 cm³/mol. The Hall–Kier alpha value is -2.44. The number of para-hydroxylation sites is 1. The summed E-state index contributed by atoms with van der Waals surface area (Å²) in [5, 5.41) is 0. The number of carbonyl (C=O) groups is 1. The number of amides is 1. The van der Waals surface area contributed by atoms with E-state index in [2.05, 4.69) is 56.1 Å². The van der Waals surface area contributed by atoms with E-state index >= 15 is 0 Å². The predicted octanol–water partition coefficient (Wildman–Crippen LogP) is 5.56. The molecule has 0 atom stereocenters. The van der Waals surface area contributed by atoms with E-state index in [1.165, 1.54) is 62.5 Å². The summed E-state index contributed by atoms with van der Waals surface area (Å²) in [5.74, 6) is 1.70. The Morgan fingerprint density at radius 3 is 2.48 bits per heavy atom. The summed E-state index contributed by atoms with van der Waals surface area (Å²) < 4.78 is 6.34. The highest BCUT2D eigenvalue weighted by molar-refractivity contribution is 5.80. The van der Waals surface area contributed by atoms with Gasteiger partial charge in [-0.15, -0.1) is 0 Å². The number of hydrogen-bond acceptors (Lipinski definition) is 5. The first-order valence-corrected chi connectivity index (χ1v) is 16.0. The van der Waals surface area contributed by atoms with Gasteiger partial charge in [-0.05, 0) is 79.7 Å². The van der Waals surface area contributed by atoms with Crippen molar-refractivity contribution in [2.24, 2.45) is 11.3 Å². The Kier molecular flexibility index (Phi) is 9.03. The minimum absolute atomic E-state index is 0.229. The Bertz CT molecular complexity index is 1090. The lowest BCUT2D eigenvalue weighted by Crippen LogP contribution is -2.59. The number of carbonyl (C=O) groups excluding carboxylic acids is 1. The molecule has 3 aliphatic heterocycles. The van der Waals surface area contributed by atoms with Gasteiger partial charge in [0.15, 0.2) is 0 Å². The number of likely N-dealkylation sites (tertiary alicyclic amines) is 2. The van der Waals surface area contributed by atoms with Gasteiger partial charge >= 0.3 is 0 Å². The van der Waals surface area contributed by atoms with Crippen molar-refractivity contribution in [2.75, 3.05) is 45.9 Å². The molecule has 6 rings (SSSR count). The van der Waals surface area contributed by atoms with Crippen molar-refractivity contribution in [3.05, 3.63) is 59.9 Å². The number of fused-ring (bicyclic) bond motifs is 1. The Morgan fingerprint density at radius 2 is 1.68 bits per heavy atom. The zero-order chi connectivity index (χ0) is 27.2. The van der Waals surface area contributed by atoms with E-state index in [0.29, 0.717) is 12.5 Å². The summed E-state index contributed by atoms with van der Waals surface area (Å²) in [6, 6.07) is 13.6. The summed E-state index contributed by atoms with van der Waals surface area (Å²) in [6.07, 6.45) is 17.5. The lowest BCUT2D eigenvalue weighted by Gasteiger charge is -2.49. The zero-order valence-corrected chi connectivity index (χ0v) is 24.3. The number of hydrogen-bond donors (Lipinski definition) is 0. The van der Waals surface area contributed by atoms with Crippen LogP contribution in [0.3, 0.4) is 0 Å². The third-order valence-electron chi connectivity index (χ3n) is 10.2. The first-order valence-electron chi connectivity index (χ1n) is 16.0. The summed E-state index contributed by atoms with van der Waals surface area (Å²) >= 11 is 0. The smallest absolute Gasteiger partial charge is 0.228 e. The van der Waals surface area contributed by atoms with Crippen LogP contribution < -0.4 is 4.74 Å². The molecule has 1 saturated carbocycles. The molecule has 1 aliphatic carbocycles. The second kappa shape index (κ2) is 13.0. The summed E-state index contributed by atoms with van der Waals surface area (Å²) in [4.78, 5) is 25.1. The van der Waals surface area contributed by atoms with E-state index in [1.807, 2.05) is 12.4 Å². The Labute approximate surface area is 241 Å². The van der Waals surface area contributed by atoms with E-state index in [0.717, 1.165) is 76.9 Å². The van der Waals surface area contributed by atoms with E-state index in [1.54, 1.807) is 0 Å². The number of pyridine rings is 1. The molecule has 216 valence electrons. The van der Waals surface area contributed by atoms with Crippen LogP contribution in [0.15, 0.2) is 48.8 Å². The van der Waals surface area contributed by atoms with Crippen molar-refractivity contribution in [1.29, 1.82) is 0 Å². The highest BCUT2D eigenvalue weighted by Gasteiger charge is 2.42. The van der Waals surface area contributed by atoms with Crippen molar-refractivity contribution in [1.82, 2.24) is 19.7 Å². The van der Waals surface area contributed by atoms with Gasteiger partial charge in [0.1, 0.15) is 12.4 Å².